The maximum Gasteiger partial charge on any atom is 0.303 e. The van der Waals surface area contributed by atoms with Crippen LogP contribution in [0.4, 0.5) is 5.69 Å². The van der Waals surface area contributed by atoms with Crippen LogP contribution in [0.1, 0.15) is 29.6 Å². The molecule has 8 heteroatoms. The van der Waals surface area contributed by atoms with Crippen LogP contribution in [0.2, 0.25) is 5.02 Å². The lowest BCUT2D eigenvalue weighted by Crippen LogP contribution is -2.02. The lowest BCUT2D eigenvalue weighted by atomic mass is 10.2. The topological polar surface area (TPSA) is 107 Å². The predicted molar refractivity (Wildman–Crippen MR) is 70.5 cm³/mol. The fourth-order valence-corrected chi connectivity index (χ4v) is 1.71. The molecule has 0 saturated carbocycles. The molecule has 1 aromatic rings. The van der Waals surface area contributed by atoms with Gasteiger partial charge in [-0.2, -0.15) is 0 Å². The highest BCUT2D eigenvalue weighted by Crippen LogP contribution is 2.32. The average molecular weight is 302 g/mol. The first kappa shape index (κ1) is 15.9. The Morgan fingerprint density at radius 1 is 1.45 bits per heavy atom. The average Bonchev–Trinajstić information content (AvgIpc) is 2.38. The minimum atomic E-state index is -0.894. The van der Waals surface area contributed by atoms with Gasteiger partial charge in [-0.05, 0) is 18.9 Å². The number of carbonyl (C=O) groups excluding carboxylic acids is 1. The second-order valence-electron chi connectivity index (χ2n) is 3.92. The highest BCUT2D eigenvalue weighted by Gasteiger charge is 2.17. The minimum absolute atomic E-state index is 0.0291. The van der Waals surface area contributed by atoms with Crippen LogP contribution in [0.5, 0.6) is 5.75 Å². The summed E-state index contributed by atoms with van der Waals surface area (Å²) < 4.78 is 5.26. The quantitative estimate of drug-likeness (QED) is 0.342. The number of ether oxygens (including phenoxy) is 1. The number of aldehydes is 1. The van der Waals surface area contributed by atoms with Gasteiger partial charge < -0.3 is 9.84 Å². The van der Waals surface area contributed by atoms with Crippen molar-refractivity contribution in [3.8, 4) is 5.75 Å². The highest BCUT2D eigenvalue weighted by atomic mass is 35.5. The first-order valence-corrected chi connectivity index (χ1v) is 6.11. The van der Waals surface area contributed by atoms with E-state index in [1.54, 1.807) is 0 Å². The molecule has 108 valence electrons. The van der Waals surface area contributed by atoms with Crippen LogP contribution in [-0.4, -0.2) is 28.9 Å². The zero-order chi connectivity index (χ0) is 15.1. The molecule has 0 atom stereocenters. The number of carboxylic acids is 1. The molecule has 7 nitrogen and oxygen atoms in total. The van der Waals surface area contributed by atoms with E-state index >= 15 is 0 Å². The van der Waals surface area contributed by atoms with Gasteiger partial charge in [-0.15, -0.1) is 0 Å². The Kier molecular flexibility index (Phi) is 5.92. The number of unbranched alkanes of at least 4 members (excludes halogenated alkanes) is 1. The molecule has 1 aromatic carbocycles. The molecule has 0 radical (unpaired) electrons. The van der Waals surface area contributed by atoms with Crippen LogP contribution >= 0.6 is 11.6 Å². The Bertz CT molecular complexity index is 531. The van der Waals surface area contributed by atoms with Crippen molar-refractivity contribution in [3.05, 3.63) is 32.8 Å². The van der Waals surface area contributed by atoms with Crippen molar-refractivity contribution in [1.82, 2.24) is 0 Å². The third-order valence-corrected chi connectivity index (χ3v) is 2.74. The van der Waals surface area contributed by atoms with E-state index in [2.05, 4.69) is 0 Å². The van der Waals surface area contributed by atoms with E-state index in [0.29, 0.717) is 19.1 Å². The van der Waals surface area contributed by atoms with Gasteiger partial charge in [-0.1, -0.05) is 11.6 Å². The summed E-state index contributed by atoms with van der Waals surface area (Å²) in [6.45, 7) is 0.185. The number of aliphatic carboxylic acids is 1. The molecule has 0 spiro atoms. The van der Waals surface area contributed by atoms with E-state index in [-0.39, 0.29) is 35.1 Å². The van der Waals surface area contributed by atoms with Crippen molar-refractivity contribution in [2.45, 2.75) is 19.3 Å². The molecule has 0 amide bonds. The van der Waals surface area contributed by atoms with E-state index in [0.717, 1.165) is 6.07 Å². The SMILES string of the molecule is O=Cc1cc(Cl)c(OCCCCC(=O)O)cc1[N+](=O)[O-]. The second kappa shape index (κ2) is 7.44. The third kappa shape index (κ3) is 4.51. The molecule has 0 fully saturated rings. The molecular formula is C12H12ClNO6. The summed E-state index contributed by atoms with van der Waals surface area (Å²) in [5.41, 5.74) is -0.511. The smallest absolute Gasteiger partial charge is 0.303 e. The number of hydrogen-bond acceptors (Lipinski definition) is 5. The Balaban J connectivity index is 2.70. The van der Waals surface area contributed by atoms with Gasteiger partial charge in [0.2, 0.25) is 0 Å². The summed E-state index contributed by atoms with van der Waals surface area (Å²) >= 11 is 5.85. The zero-order valence-corrected chi connectivity index (χ0v) is 11.1. The second-order valence-corrected chi connectivity index (χ2v) is 4.32. The third-order valence-electron chi connectivity index (χ3n) is 2.45. The summed E-state index contributed by atoms with van der Waals surface area (Å²) in [6.07, 6.45) is 1.29. The number of nitrogens with zero attached hydrogens (tertiary/aromatic N) is 1. The number of hydrogen-bond donors (Lipinski definition) is 1. The van der Waals surface area contributed by atoms with E-state index in [1.807, 2.05) is 0 Å². The zero-order valence-electron chi connectivity index (χ0n) is 10.4. The number of carbonyl (C=O) groups is 2. The van der Waals surface area contributed by atoms with Gasteiger partial charge in [0.15, 0.2) is 6.29 Å². The molecule has 20 heavy (non-hydrogen) atoms. The monoisotopic (exact) mass is 301 g/mol. The van der Waals surface area contributed by atoms with E-state index in [9.17, 15) is 19.7 Å². The fourth-order valence-electron chi connectivity index (χ4n) is 1.48. The Morgan fingerprint density at radius 3 is 2.70 bits per heavy atom. The first-order valence-electron chi connectivity index (χ1n) is 5.73. The number of nitro groups is 1. The molecular weight excluding hydrogens is 290 g/mol. The molecule has 0 aliphatic rings. The van der Waals surface area contributed by atoms with Crippen molar-refractivity contribution < 1.29 is 24.4 Å². The van der Waals surface area contributed by atoms with Crippen molar-refractivity contribution >= 4 is 29.5 Å². The number of benzene rings is 1. The first-order chi connectivity index (χ1) is 9.45. The van der Waals surface area contributed by atoms with E-state index in [4.69, 9.17) is 21.4 Å². The van der Waals surface area contributed by atoms with Crippen LogP contribution in [0.15, 0.2) is 12.1 Å². The lowest BCUT2D eigenvalue weighted by molar-refractivity contribution is -0.385. The molecule has 0 aliphatic heterocycles. The fraction of sp³-hybridized carbons (Fsp3) is 0.333. The Labute approximate surface area is 119 Å². The normalized spacial score (nSPS) is 10.1. The summed E-state index contributed by atoms with van der Waals surface area (Å²) in [4.78, 5) is 31.1. The van der Waals surface area contributed by atoms with Gasteiger partial charge in [0.25, 0.3) is 5.69 Å². The number of halogens is 1. The molecule has 1 N–H and O–H groups in total. The van der Waals surface area contributed by atoms with Gasteiger partial charge in [-0.25, -0.2) is 0 Å². The van der Waals surface area contributed by atoms with Gasteiger partial charge in [0, 0.05) is 6.42 Å². The molecule has 0 unspecified atom stereocenters. The van der Waals surface area contributed by atoms with Gasteiger partial charge in [0.05, 0.1) is 28.2 Å². The van der Waals surface area contributed by atoms with E-state index < -0.39 is 10.9 Å². The summed E-state index contributed by atoms with van der Waals surface area (Å²) in [5, 5.41) is 19.3. The van der Waals surface area contributed by atoms with Gasteiger partial charge in [0.1, 0.15) is 5.75 Å². The highest BCUT2D eigenvalue weighted by molar-refractivity contribution is 6.32. The molecule has 0 heterocycles. The summed E-state index contributed by atoms with van der Waals surface area (Å²) in [7, 11) is 0. The minimum Gasteiger partial charge on any atom is -0.492 e. The van der Waals surface area contributed by atoms with E-state index in [1.165, 1.54) is 6.07 Å². The molecule has 0 aromatic heterocycles. The maximum atomic E-state index is 10.8. The van der Waals surface area contributed by atoms with Crippen LogP contribution in [0.25, 0.3) is 0 Å². The van der Waals surface area contributed by atoms with Gasteiger partial charge >= 0.3 is 5.97 Å². The lowest BCUT2D eigenvalue weighted by Gasteiger charge is -2.08. The summed E-state index contributed by atoms with van der Waals surface area (Å²) in [5.74, 6) is -0.798. The van der Waals surface area contributed by atoms with Crippen LogP contribution < -0.4 is 4.74 Å². The van der Waals surface area contributed by atoms with Crippen LogP contribution in [0, 0.1) is 10.1 Å². The van der Waals surface area contributed by atoms with Crippen molar-refractivity contribution in [2.24, 2.45) is 0 Å². The largest absolute Gasteiger partial charge is 0.492 e. The van der Waals surface area contributed by atoms with Crippen molar-refractivity contribution in [1.29, 1.82) is 0 Å². The Morgan fingerprint density at radius 2 is 2.15 bits per heavy atom. The molecule has 1 rings (SSSR count). The maximum absolute atomic E-state index is 10.8. The standard InChI is InChI=1S/C12H12ClNO6/c13-9-5-8(7-15)10(14(18)19)6-11(9)20-4-2-1-3-12(16)17/h5-7H,1-4H2,(H,16,17). The van der Waals surface area contributed by atoms with Gasteiger partial charge in [-0.3, -0.25) is 19.7 Å². The Hall–Kier alpha value is -2.15. The van der Waals surface area contributed by atoms with Crippen LogP contribution in [0.3, 0.4) is 0 Å². The molecule has 0 aliphatic carbocycles. The van der Waals surface area contributed by atoms with Crippen molar-refractivity contribution in [2.75, 3.05) is 6.61 Å². The molecule has 0 saturated heterocycles. The number of carboxylic acid groups (broad SMARTS) is 1. The predicted octanol–water partition coefficient (Wildman–Crippen LogP) is 2.69. The summed E-state index contributed by atoms with van der Waals surface area (Å²) in [6, 6.07) is 2.25. The van der Waals surface area contributed by atoms with Crippen LogP contribution in [-0.2, 0) is 4.79 Å². The molecule has 0 bridgehead atoms. The number of nitro benzene ring substituents is 1. The van der Waals surface area contributed by atoms with Crippen molar-refractivity contribution in [3.63, 3.8) is 0 Å². The number of rotatable bonds is 8.